The third-order valence-corrected chi connectivity index (χ3v) is 3.70. The van der Waals surface area contributed by atoms with E-state index >= 15 is 0 Å². The van der Waals surface area contributed by atoms with Gasteiger partial charge in [-0.1, -0.05) is 29.8 Å². The van der Waals surface area contributed by atoms with Crippen LogP contribution >= 0.6 is 11.6 Å². The van der Waals surface area contributed by atoms with Crippen molar-refractivity contribution in [3.8, 4) is 5.75 Å². The van der Waals surface area contributed by atoms with Crippen LogP contribution in [0, 0.1) is 5.82 Å². The van der Waals surface area contributed by atoms with Gasteiger partial charge in [-0.3, -0.25) is 0 Å². The fourth-order valence-corrected chi connectivity index (χ4v) is 2.35. The van der Waals surface area contributed by atoms with Crippen molar-refractivity contribution in [3.05, 3.63) is 52.9 Å². The van der Waals surface area contributed by atoms with Gasteiger partial charge in [0, 0.05) is 19.3 Å². The molecule has 0 N–H and O–H groups in total. The number of aromatic nitrogens is 1. The summed E-state index contributed by atoms with van der Waals surface area (Å²) in [4.78, 5) is 5.87. The van der Waals surface area contributed by atoms with Crippen LogP contribution in [0.3, 0.4) is 0 Å². The van der Waals surface area contributed by atoms with Crippen LogP contribution in [-0.2, 0) is 6.42 Å². The standard InChI is InChI=1S/C16H18ClFN2O/c1-11(8-12-6-4-5-7-15(12)21-3)20(2)16-14(18)9-13(17)10-19-16/h4-7,9-11H,8H2,1-3H3. The smallest absolute Gasteiger partial charge is 0.167 e. The predicted octanol–water partition coefficient (Wildman–Crippen LogP) is 3.95. The number of likely N-dealkylation sites (N-methyl/N-ethyl adjacent to an activating group) is 1. The van der Waals surface area contributed by atoms with E-state index in [1.807, 2.05) is 38.2 Å². The molecule has 0 radical (unpaired) electrons. The molecule has 0 saturated heterocycles. The topological polar surface area (TPSA) is 25.4 Å². The molecule has 112 valence electrons. The summed E-state index contributed by atoms with van der Waals surface area (Å²) in [5.41, 5.74) is 1.08. The van der Waals surface area contributed by atoms with Gasteiger partial charge in [0.2, 0.25) is 0 Å². The number of ether oxygens (including phenoxy) is 1. The third-order valence-electron chi connectivity index (χ3n) is 3.49. The SMILES string of the molecule is COc1ccccc1CC(C)N(C)c1ncc(Cl)cc1F. The minimum absolute atomic E-state index is 0.0597. The zero-order chi connectivity index (χ0) is 15.4. The van der Waals surface area contributed by atoms with E-state index in [1.54, 1.807) is 12.0 Å². The maximum absolute atomic E-state index is 13.9. The number of hydrogen-bond donors (Lipinski definition) is 0. The summed E-state index contributed by atoms with van der Waals surface area (Å²) < 4.78 is 19.3. The van der Waals surface area contributed by atoms with E-state index in [9.17, 15) is 4.39 Å². The Kier molecular flexibility index (Phi) is 5.02. The van der Waals surface area contributed by atoms with Gasteiger partial charge < -0.3 is 9.64 Å². The van der Waals surface area contributed by atoms with Gasteiger partial charge in [-0.15, -0.1) is 0 Å². The van der Waals surface area contributed by atoms with E-state index in [-0.39, 0.29) is 6.04 Å². The number of nitrogens with zero attached hydrogens (tertiary/aromatic N) is 2. The quantitative estimate of drug-likeness (QED) is 0.836. The lowest BCUT2D eigenvalue weighted by atomic mass is 10.1. The summed E-state index contributed by atoms with van der Waals surface area (Å²) in [7, 11) is 3.47. The van der Waals surface area contributed by atoms with Crippen LogP contribution in [0.15, 0.2) is 36.5 Å². The second-order valence-electron chi connectivity index (χ2n) is 4.93. The minimum Gasteiger partial charge on any atom is -0.496 e. The summed E-state index contributed by atoms with van der Waals surface area (Å²) in [6.07, 6.45) is 2.18. The lowest BCUT2D eigenvalue weighted by Crippen LogP contribution is -2.32. The summed E-state index contributed by atoms with van der Waals surface area (Å²) >= 11 is 5.73. The van der Waals surface area contributed by atoms with Crippen LogP contribution in [0.25, 0.3) is 0 Å². The maximum atomic E-state index is 13.9. The highest BCUT2D eigenvalue weighted by Crippen LogP contribution is 2.24. The first-order chi connectivity index (χ1) is 10.0. The zero-order valence-electron chi connectivity index (χ0n) is 12.3. The molecule has 1 aromatic carbocycles. The van der Waals surface area contributed by atoms with Gasteiger partial charge in [-0.25, -0.2) is 9.37 Å². The van der Waals surface area contributed by atoms with Crippen molar-refractivity contribution in [2.75, 3.05) is 19.1 Å². The molecule has 0 aliphatic heterocycles. The highest BCUT2D eigenvalue weighted by Gasteiger charge is 2.17. The number of pyridine rings is 1. The van der Waals surface area contributed by atoms with Gasteiger partial charge in [0.25, 0.3) is 0 Å². The molecule has 1 atom stereocenters. The van der Waals surface area contributed by atoms with E-state index < -0.39 is 5.82 Å². The molecule has 3 nitrogen and oxygen atoms in total. The van der Waals surface area contributed by atoms with E-state index in [2.05, 4.69) is 4.98 Å². The average Bonchev–Trinajstić information content (AvgIpc) is 2.47. The molecule has 1 unspecified atom stereocenters. The first-order valence-electron chi connectivity index (χ1n) is 6.68. The zero-order valence-corrected chi connectivity index (χ0v) is 13.1. The number of halogens is 2. The minimum atomic E-state index is -0.420. The molecule has 5 heteroatoms. The summed E-state index contributed by atoms with van der Waals surface area (Å²) in [5, 5.41) is 0.294. The third kappa shape index (κ3) is 3.64. The van der Waals surface area contributed by atoms with Crippen LogP contribution < -0.4 is 9.64 Å². The first kappa shape index (κ1) is 15.6. The molecule has 0 aliphatic rings. The van der Waals surface area contributed by atoms with Crippen molar-refractivity contribution in [1.29, 1.82) is 0 Å². The van der Waals surface area contributed by atoms with Crippen molar-refractivity contribution >= 4 is 17.4 Å². The molecule has 2 aromatic rings. The Labute approximate surface area is 129 Å². The first-order valence-corrected chi connectivity index (χ1v) is 7.06. The second kappa shape index (κ2) is 6.76. The highest BCUT2D eigenvalue weighted by atomic mass is 35.5. The number of para-hydroxylation sites is 1. The van der Waals surface area contributed by atoms with Crippen LogP contribution in [0.4, 0.5) is 10.2 Å². The van der Waals surface area contributed by atoms with Gasteiger partial charge in [0.05, 0.1) is 12.1 Å². The fourth-order valence-electron chi connectivity index (χ4n) is 2.20. The Morgan fingerprint density at radius 3 is 2.76 bits per heavy atom. The van der Waals surface area contributed by atoms with Gasteiger partial charge in [-0.2, -0.15) is 0 Å². The largest absolute Gasteiger partial charge is 0.496 e. The molecule has 0 bridgehead atoms. The number of hydrogen-bond acceptors (Lipinski definition) is 3. The Balaban J connectivity index is 2.17. The van der Waals surface area contributed by atoms with E-state index in [0.717, 1.165) is 17.7 Å². The molecule has 2 rings (SSSR count). The normalized spacial score (nSPS) is 12.0. The average molecular weight is 309 g/mol. The number of benzene rings is 1. The maximum Gasteiger partial charge on any atom is 0.167 e. The molecule has 1 aromatic heterocycles. The van der Waals surface area contributed by atoms with Gasteiger partial charge in [0.1, 0.15) is 5.75 Å². The van der Waals surface area contributed by atoms with Crippen molar-refractivity contribution in [2.24, 2.45) is 0 Å². The van der Waals surface area contributed by atoms with E-state index in [4.69, 9.17) is 16.3 Å². The molecular weight excluding hydrogens is 291 g/mol. The van der Waals surface area contributed by atoms with Gasteiger partial charge in [0.15, 0.2) is 11.6 Å². The molecule has 0 amide bonds. The summed E-state index contributed by atoms with van der Waals surface area (Å²) in [6.45, 7) is 2.02. The Morgan fingerprint density at radius 2 is 2.10 bits per heavy atom. The van der Waals surface area contributed by atoms with Crippen molar-refractivity contribution in [2.45, 2.75) is 19.4 Å². The molecule has 21 heavy (non-hydrogen) atoms. The van der Waals surface area contributed by atoms with E-state index in [0.29, 0.717) is 10.8 Å². The van der Waals surface area contributed by atoms with Crippen LogP contribution in [0.5, 0.6) is 5.75 Å². The van der Waals surface area contributed by atoms with Crippen molar-refractivity contribution < 1.29 is 9.13 Å². The lowest BCUT2D eigenvalue weighted by molar-refractivity contribution is 0.408. The molecule has 0 aliphatic carbocycles. The van der Waals surface area contributed by atoms with Crippen LogP contribution in [-0.4, -0.2) is 25.2 Å². The van der Waals surface area contributed by atoms with E-state index in [1.165, 1.54) is 12.3 Å². The van der Waals surface area contributed by atoms with Crippen molar-refractivity contribution in [3.63, 3.8) is 0 Å². The number of anilines is 1. The Hall–Kier alpha value is -1.81. The molecular formula is C16H18ClFN2O. The molecule has 0 fully saturated rings. The summed E-state index contributed by atoms with van der Waals surface area (Å²) in [5.74, 6) is 0.709. The monoisotopic (exact) mass is 308 g/mol. The van der Waals surface area contributed by atoms with Crippen molar-refractivity contribution in [1.82, 2.24) is 4.98 Å². The molecule has 0 saturated carbocycles. The van der Waals surface area contributed by atoms with Crippen LogP contribution in [0.1, 0.15) is 12.5 Å². The molecule has 0 spiro atoms. The van der Waals surface area contributed by atoms with Gasteiger partial charge in [-0.05, 0) is 31.0 Å². The lowest BCUT2D eigenvalue weighted by Gasteiger charge is -2.27. The number of rotatable bonds is 5. The fraction of sp³-hybridized carbons (Fsp3) is 0.312. The molecule has 1 heterocycles. The predicted molar refractivity (Wildman–Crippen MR) is 83.8 cm³/mol. The van der Waals surface area contributed by atoms with Gasteiger partial charge >= 0.3 is 0 Å². The second-order valence-corrected chi connectivity index (χ2v) is 5.37. The Bertz CT molecular complexity index is 621. The Morgan fingerprint density at radius 1 is 1.38 bits per heavy atom. The van der Waals surface area contributed by atoms with Crippen LogP contribution in [0.2, 0.25) is 5.02 Å². The highest BCUT2D eigenvalue weighted by molar-refractivity contribution is 6.30. The summed E-state index contributed by atoms with van der Waals surface area (Å²) in [6, 6.07) is 9.15. The number of methoxy groups -OCH3 is 1.